The number of hydrogen-bond acceptors (Lipinski definition) is 3. The minimum Gasteiger partial charge on any atom is -0.321 e. The topological polar surface area (TPSA) is 74.9 Å². The minimum absolute atomic E-state index is 0.149. The largest absolute Gasteiger partial charge is 0.321 e. The van der Waals surface area contributed by atoms with Crippen molar-refractivity contribution in [2.45, 2.75) is 0 Å². The van der Waals surface area contributed by atoms with E-state index in [1.54, 1.807) is 25.2 Å². The second kappa shape index (κ2) is 5.19. The van der Waals surface area contributed by atoms with Crippen LogP contribution in [-0.4, -0.2) is 10.5 Å². The Balaban J connectivity index is 2.23. The Hall–Kier alpha value is -2.87. The SMILES string of the molecule is Cn1cc(NC(=O)c2cccc(C#N)c2)ccc1=O. The zero-order chi connectivity index (χ0) is 13.8. The van der Waals surface area contributed by atoms with Crippen LogP contribution in [0.5, 0.6) is 0 Å². The van der Waals surface area contributed by atoms with Crippen LogP contribution in [0, 0.1) is 11.3 Å². The molecule has 1 aromatic carbocycles. The smallest absolute Gasteiger partial charge is 0.255 e. The number of pyridine rings is 1. The Bertz CT molecular complexity index is 726. The van der Waals surface area contributed by atoms with Crippen molar-refractivity contribution in [3.8, 4) is 6.07 Å². The van der Waals surface area contributed by atoms with Gasteiger partial charge in [-0.1, -0.05) is 6.07 Å². The van der Waals surface area contributed by atoms with Crippen molar-refractivity contribution in [3.05, 3.63) is 64.1 Å². The van der Waals surface area contributed by atoms with Gasteiger partial charge in [0, 0.05) is 24.9 Å². The number of nitrogens with one attached hydrogen (secondary N) is 1. The number of aryl methyl sites for hydroxylation is 1. The first-order valence-electron chi connectivity index (χ1n) is 5.58. The third-order valence-electron chi connectivity index (χ3n) is 2.60. The summed E-state index contributed by atoms with van der Waals surface area (Å²) in [5, 5.41) is 11.5. The van der Waals surface area contributed by atoms with E-state index in [2.05, 4.69) is 5.32 Å². The molecule has 0 radical (unpaired) electrons. The Labute approximate surface area is 109 Å². The normalized spacial score (nSPS) is 9.68. The molecule has 0 saturated carbocycles. The highest BCUT2D eigenvalue weighted by atomic mass is 16.1. The van der Waals surface area contributed by atoms with Crippen LogP contribution >= 0.6 is 0 Å². The molecule has 0 aliphatic heterocycles. The van der Waals surface area contributed by atoms with Gasteiger partial charge in [0.2, 0.25) is 5.56 Å². The van der Waals surface area contributed by atoms with Gasteiger partial charge in [0.05, 0.1) is 17.3 Å². The lowest BCUT2D eigenvalue weighted by atomic mass is 10.1. The van der Waals surface area contributed by atoms with Crippen molar-refractivity contribution >= 4 is 11.6 Å². The molecule has 2 aromatic rings. The molecular formula is C14H11N3O2. The van der Waals surface area contributed by atoms with E-state index in [4.69, 9.17) is 5.26 Å². The summed E-state index contributed by atoms with van der Waals surface area (Å²) in [6.07, 6.45) is 1.54. The average Bonchev–Trinajstić information content (AvgIpc) is 2.43. The first kappa shape index (κ1) is 12.6. The third kappa shape index (κ3) is 2.87. The number of hydrogen-bond donors (Lipinski definition) is 1. The van der Waals surface area contributed by atoms with Crippen molar-refractivity contribution in [3.63, 3.8) is 0 Å². The highest BCUT2D eigenvalue weighted by Crippen LogP contribution is 2.08. The van der Waals surface area contributed by atoms with E-state index in [1.807, 2.05) is 6.07 Å². The summed E-state index contributed by atoms with van der Waals surface area (Å²) >= 11 is 0. The van der Waals surface area contributed by atoms with E-state index in [-0.39, 0.29) is 11.5 Å². The molecule has 1 aromatic heterocycles. The van der Waals surface area contributed by atoms with Crippen LogP contribution in [0.15, 0.2) is 47.4 Å². The van der Waals surface area contributed by atoms with Crippen molar-refractivity contribution in [2.75, 3.05) is 5.32 Å². The second-order valence-corrected chi connectivity index (χ2v) is 4.01. The van der Waals surface area contributed by atoms with Crippen LogP contribution in [0.3, 0.4) is 0 Å². The van der Waals surface area contributed by atoms with Crippen LogP contribution in [0.1, 0.15) is 15.9 Å². The molecule has 0 aliphatic carbocycles. The Morgan fingerprint density at radius 3 is 2.79 bits per heavy atom. The summed E-state index contributed by atoms with van der Waals surface area (Å²) in [6, 6.07) is 11.3. The summed E-state index contributed by atoms with van der Waals surface area (Å²) in [5.41, 5.74) is 1.19. The first-order valence-corrected chi connectivity index (χ1v) is 5.58. The molecule has 1 heterocycles. The summed E-state index contributed by atoms with van der Waals surface area (Å²) in [4.78, 5) is 23.2. The number of carbonyl (C=O) groups is 1. The number of aromatic nitrogens is 1. The fourth-order valence-corrected chi connectivity index (χ4v) is 1.60. The lowest BCUT2D eigenvalue weighted by Crippen LogP contribution is -2.18. The minimum atomic E-state index is -0.323. The molecule has 0 saturated heterocycles. The maximum absolute atomic E-state index is 12.0. The number of nitriles is 1. The molecule has 1 N–H and O–H groups in total. The summed E-state index contributed by atoms with van der Waals surface area (Å²) in [7, 11) is 1.61. The van der Waals surface area contributed by atoms with Crippen LogP contribution in [0.4, 0.5) is 5.69 Å². The van der Waals surface area contributed by atoms with Gasteiger partial charge in [-0.25, -0.2) is 0 Å². The van der Waals surface area contributed by atoms with Gasteiger partial charge in [-0.2, -0.15) is 5.26 Å². The zero-order valence-corrected chi connectivity index (χ0v) is 10.3. The predicted molar refractivity (Wildman–Crippen MR) is 70.8 cm³/mol. The molecule has 19 heavy (non-hydrogen) atoms. The van der Waals surface area contributed by atoms with Crippen LogP contribution in [-0.2, 0) is 7.05 Å². The number of amides is 1. The van der Waals surface area contributed by atoms with E-state index in [0.29, 0.717) is 16.8 Å². The van der Waals surface area contributed by atoms with Crippen LogP contribution in [0.2, 0.25) is 0 Å². The van der Waals surface area contributed by atoms with Crippen molar-refractivity contribution in [2.24, 2.45) is 7.05 Å². The second-order valence-electron chi connectivity index (χ2n) is 4.01. The highest BCUT2D eigenvalue weighted by Gasteiger charge is 2.07. The standard InChI is InChI=1S/C14H11N3O2/c1-17-9-12(5-6-13(17)18)16-14(19)11-4-2-3-10(7-11)8-15/h2-7,9H,1H3,(H,16,19). The molecule has 0 bridgehead atoms. The van der Waals surface area contributed by atoms with E-state index in [1.165, 1.54) is 29.0 Å². The number of benzene rings is 1. The highest BCUT2D eigenvalue weighted by molar-refractivity contribution is 6.04. The van der Waals surface area contributed by atoms with Gasteiger partial charge in [-0.3, -0.25) is 9.59 Å². The van der Waals surface area contributed by atoms with Gasteiger partial charge in [0.1, 0.15) is 0 Å². The van der Waals surface area contributed by atoms with Gasteiger partial charge in [0.15, 0.2) is 0 Å². The molecule has 0 unspecified atom stereocenters. The van der Waals surface area contributed by atoms with Crippen molar-refractivity contribution < 1.29 is 4.79 Å². The molecule has 2 rings (SSSR count). The number of rotatable bonds is 2. The fourth-order valence-electron chi connectivity index (χ4n) is 1.60. The monoisotopic (exact) mass is 253 g/mol. The number of nitrogens with zero attached hydrogens (tertiary/aromatic N) is 2. The van der Waals surface area contributed by atoms with Crippen LogP contribution < -0.4 is 10.9 Å². The van der Waals surface area contributed by atoms with Gasteiger partial charge < -0.3 is 9.88 Å². The fraction of sp³-hybridized carbons (Fsp3) is 0.0714. The number of anilines is 1. The van der Waals surface area contributed by atoms with E-state index >= 15 is 0 Å². The summed E-state index contributed by atoms with van der Waals surface area (Å²) in [6.45, 7) is 0. The first-order chi connectivity index (χ1) is 9.10. The molecule has 0 spiro atoms. The van der Waals surface area contributed by atoms with E-state index in [0.717, 1.165) is 0 Å². The Morgan fingerprint density at radius 1 is 1.32 bits per heavy atom. The van der Waals surface area contributed by atoms with E-state index in [9.17, 15) is 9.59 Å². The van der Waals surface area contributed by atoms with Crippen molar-refractivity contribution in [1.29, 1.82) is 5.26 Å². The quantitative estimate of drug-likeness (QED) is 0.881. The molecule has 5 nitrogen and oxygen atoms in total. The van der Waals surface area contributed by atoms with Gasteiger partial charge >= 0.3 is 0 Å². The molecular weight excluding hydrogens is 242 g/mol. The molecule has 0 aliphatic rings. The molecule has 0 atom stereocenters. The lowest BCUT2D eigenvalue weighted by Gasteiger charge is -2.06. The third-order valence-corrected chi connectivity index (χ3v) is 2.60. The van der Waals surface area contributed by atoms with E-state index < -0.39 is 0 Å². The summed E-state index contributed by atoms with van der Waals surface area (Å²) < 4.78 is 1.38. The molecule has 0 fully saturated rings. The Kier molecular flexibility index (Phi) is 3.44. The van der Waals surface area contributed by atoms with Gasteiger partial charge in [-0.15, -0.1) is 0 Å². The summed E-state index contributed by atoms with van der Waals surface area (Å²) in [5.74, 6) is -0.323. The van der Waals surface area contributed by atoms with Gasteiger partial charge in [0.25, 0.3) is 5.91 Å². The molecule has 1 amide bonds. The predicted octanol–water partition coefficient (Wildman–Crippen LogP) is 1.51. The van der Waals surface area contributed by atoms with Crippen LogP contribution in [0.25, 0.3) is 0 Å². The van der Waals surface area contributed by atoms with Gasteiger partial charge in [-0.05, 0) is 24.3 Å². The Morgan fingerprint density at radius 2 is 2.11 bits per heavy atom. The number of carbonyl (C=O) groups excluding carboxylic acids is 1. The molecule has 5 heteroatoms. The maximum atomic E-state index is 12.0. The maximum Gasteiger partial charge on any atom is 0.255 e. The molecule has 94 valence electrons. The lowest BCUT2D eigenvalue weighted by molar-refractivity contribution is 0.102. The average molecular weight is 253 g/mol. The zero-order valence-electron chi connectivity index (χ0n) is 10.3. The van der Waals surface area contributed by atoms with Crippen molar-refractivity contribution in [1.82, 2.24) is 4.57 Å².